The van der Waals surface area contributed by atoms with Gasteiger partial charge in [-0.2, -0.15) is 0 Å². The molecule has 4 nitrogen and oxygen atoms in total. The van der Waals surface area contributed by atoms with Crippen LogP contribution < -0.4 is 5.32 Å². The van der Waals surface area contributed by atoms with Crippen molar-refractivity contribution in [3.05, 3.63) is 22.2 Å². The van der Waals surface area contributed by atoms with Crippen molar-refractivity contribution in [2.45, 2.75) is 19.9 Å². The number of aliphatic hydroxyl groups excluding tert-OH is 1. The maximum Gasteiger partial charge on any atom is 0.244 e. The number of hydrogen-bond acceptors (Lipinski definition) is 4. The minimum Gasteiger partial charge on any atom is -0.394 e. The fourth-order valence-electron chi connectivity index (χ4n) is 0.954. The van der Waals surface area contributed by atoms with Crippen molar-refractivity contribution in [3.63, 3.8) is 0 Å². The van der Waals surface area contributed by atoms with E-state index in [9.17, 15) is 4.79 Å². The van der Waals surface area contributed by atoms with Crippen molar-refractivity contribution in [3.8, 4) is 0 Å². The summed E-state index contributed by atoms with van der Waals surface area (Å²) in [7, 11) is 0. The molecule has 0 aliphatic rings. The molecule has 0 radical (unpaired) electrons. The van der Waals surface area contributed by atoms with Gasteiger partial charge in [-0.1, -0.05) is 0 Å². The topological polar surface area (TPSA) is 62.2 Å². The molecule has 0 saturated carbocycles. The van der Waals surface area contributed by atoms with Crippen LogP contribution >= 0.6 is 11.3 Å². The second-order valence-electron chi connectivity index (χ2n) is 3.22. The largest absolute Gasteiger partial charge is 0.394 e. The summed E-state index contributed by atoms with van der Waals surface area (Å²) in [6, 6.07) is -0.223. The Morgan fingerprint density at radius 1 is 1.80 bits per heavy atom. The van der Waals surface area contributed by atoms with E-state index in [0.717, 1.165) is 10.7 Å². The van der Waals surface area contributed by atoms with Crippen LogP contribution in [0.25, 0.3) is 6.08 Å². The molecule has 0 aromatic carbocycles. The first-order chi connectivity index (χ1) is 7.11. The van der Waals surface area contributed by atoms with E-state index in [4.69, 9.17) is 5.11 Å². The lowest BCUT2D eigenvalue weighted by Crippen LogP contribution is -2.33. The Kier molecular flexibility index (Phi) is 4.45. The van der Waals surface area contributed by atoms with E-state index in [-0.39, 0.29) is 18.6 Å². The smallest absolute Gasteiger partial charge is 0.244 e. The number of carbonyl (C=O) groups excluding carboxylic acids is 1. The summed E-state index contributed by atoms with van der Waals surface area (Å²) in [4.78, 5) is 15.4. The summed E-state index contributed by atoms with van der Waals surface area (Å²) >= 11 is 1.54. The van der Waals surface area contributed by atoms with Crippen LogP contribution in [-0.2, 0) is 4.79 Å². The van der Waals surface area contributed by atoms with Crippen LogP contribution in [-0.4, -0.2) is 28.6 Å². The predicted octanol–water partition coefficient (Wildman–Crippen LogP) is 0.962. The summed E-state index contributed by atoms with van der Waals surface area (Å²) in [5.74, 6) is -0.220. The van der Waals surface area contributed by atoms with E-state index in [0.29, 0.717) is 0 Å². The Morgan fingerprint density at radius 3 is 3.07 bits per heavy atom. The second-order valence-corrected chi connectivity index (χ2v) is 4.28. The van der Waals surface area contributed by atoms with Gasteiger partial charge in [0.2, 0.25) is 5.91 Å². The van der Waals surface area contributed by atoms with Crippen molar-refractivity contribution in [2.75, 3.05) is 6.61 Å². The van der Waals surface area contributed by atoms with Crippen LogP contribution in [0.5, 0.6) is 0 Å². The van der Waals surface area contributed by atoms with Crippen LogP contribution in [0.2, 0.25) is 0 Å². The van der Waals surface area contributed by atoms with Gasteiger partial charge in [0.05, 0.1) is 17.3 Å². The summed E-state index contributed by atoms with van der Waals surface area (Å²) in [5.41, 5.74) is 0.782. The summed E-state index contributed by atoms with van der Waals surface area (Å²) in [6.45, 7) is 3.59. The molecule has 0 aliphatic carbocycles. The number of rotatable bonds is 4. The van der Waals surface area contributed by atoms with E-state index < -0.39 is 0 Å². The minimum absolute atomic E-state index is 0.0601. The fraction of sp³-hybridized carbons (Fsp3) is 0.400. The molecule has 0 aliphatic heterocycles. The molecule has 5 heteroatoms. The lowest BCUT2D eigenvalue weighted by atomic mass is 10.3. The van der Waals surface area contributed by atoms with Crippen LogP contribution in [0.3, 0.4) is 0 Å². The molecular formula is C10H14N2O2S. The predicted molar refractivity (Wildman–Crippen MR) is 60.6 cm³/mol. The molecule has 0 bridgehead atoms. The Morgan fingerprint density at radius 2 is 2.53 bits per heavy atom. The average molecular weight is 226 g/mol. The highest BCUT2D eigenvalue weighted by Crippen LogP contribution is 2.08. The molecule has 2 N–H and O–H groups in total. The molecule has 15 heavy (non-hydrogen) atoms. The molecule has 82 valence electrons. The number of amides is 1. The van der Waals surface area contributed by atoms with Gasteiger partial charge in [-0.15, -0.1) is 11.3 Å². The SMILES string of the molecule is Cc1nc(C=CC(=O)N[C@@H](C)CO)cs1. The first-order valence-electron chi connectivity index (χ1n) is 4.63. The van der Waals surface area contributed by atoms with Gasteiger partial charge in [0.25, 0.3) is 0 Å². The Labute approximate surface area is 92.7 Å². The molecule has 1 atom stereocenters. The van der Waals surface area contributed by atoms with E-state index in [1.54, 1.807) is 24.3 Å². The van der Waals surface area contributed by atoms with E-state index in [1.165, 1.54) is 6.08 Å². The number of aryl methyl sites for hydroxylation is 1. The summed E-state index contributed by atoms with van der Waals surface area (Å²) < 4.78 is 0. The van der Waals surface area contributed by atoms with Gasteiger partial charge in [-0.3, -0.25) is 4.79 Å². The molecule has 1 amide bonds. The van der Waals surface area contributed by atoms with Crippen molar-refractivity contribution in [1.29, 1.82) is 0 Å². The number of nitrogens with one attached hydrogen (secondary N) is 1. The highest BCUT2D eigenvalue weighted by Gasteiger charge is 2.02. The number of aliphatic hydroxyl groups is 1. The van der Waals surface area contributed by atoms with Gasteiger partial charge in [0.15, 0.2) is 0 Å². The highest BCUT2D eigenvalue weighted by molar-refractivity contribution is 7.09. The van der Waals surface area contributed by atoms with Crippen molar-refractivity contribution in [1.82, 2.24) is 10.3 Å². The lowest BCUT2D eigenvalue weighted by Gasteiger charge is -2.07. The third kappa shape index (κ3) is 4.22. The zero-order chi connectivity index (χ0) is 11.3. The highest BCUT2D eigenvalue weighted by atomic mass is 32.1. The molecule has 1 rings (SSSR count). The van der Waals surface area contributed by atoms with Gasteiger partial charge in [-0.25, -0.2) is 4.98 Å². The number of thiazole rings is 1. The first kappa shape index (κ1) is 11.9. The van der Waals surface area contributed by atoms with Gasteiger partial charge in [0, 0.05) is 17.5 Å². The average Bonchev–Trinajstić information content (AvgIpc) is 2.61. The van der Waals surface area contributed by atoms with E-state index in [1.807, 2.05) is 12.3 Å². The number of nitrogens with zero attached hydrogens (tertiary/aromatic N) is 1. The Hall–Kier alpha value is -1.20. The van der Waals surface area contributed by atoms with Crippen LogP contribution in [0.4, 0.5) is 0 Å². The van der Waals surface area contributed by atoms with Crippen LogP contribution in [0.1, 0.15) is 17.6 Å². The molecule has 0 fully saturated rings. The lowest BCUT2D eigenvalue weighted by molar-refractivity contribution is -0.117. The minimum atomic E-state index is -0.223. The molecule has 1 aromatic rings. The Balaban J connectivity index is 2.47. The van der Waals surface area contributed by atoms with Crippen LogP contribution in [0.15, 0.2) is 11.5 Å². The molecule has 0 spiro atoms. The quantitative estimate of drug-likeness (QED) is 0.752. The van der Waals surface area contributed by atoms with Gasteiger partial charge in [0.1, 0.15) is 0 Å². The van der Waals surface area contributed by atoms with E-state index >= 15 is 0 Å². The normalized spacial score (nSPS) is 13.0. The zero-order valence-electron chi connectivity index (χ0n) is 8.73. The standard InChI is InChI=1S/C10H14N2O2S/c1-7(5-13)11-10(14)4-3-9-6-15-8(2)12-9/h3-4,6-7,13H,5H2,1-2H3,(H,11,14)/t7-/m0/s1. The maximum atomic E-state index is 11.3. The van der Waals surface area contributed by atoms with Gasteiger partial charge in [-0.05, 0) is 19.9 Å². The maximum absolute atomic E-state index is 11.3. The summed E-state index contributed by atoms with van der Waals surface area (Å²) in [5, 5.41) is 14.2. The summed E-state index contributed by atoms with van der Waals surface area (Å²) in [6.07, 6.45) is 3.07. The number of aromatic nitrogens is 1. The molecule has 0 saturated heterocycles. The third-order valence-corrected chi connectivity index (χ3v) is 2.50. The number of carbonyl (C=O) groups is 1. The monoisotopic (exact) mass is 226 g/mol. The molecule has 1 aromatic heterocycles. The third-order valence-electron chi connectivity index (χ3n) is 1.70. The molecule has 0 unspecified atom stereocenters. The van der Waals surface area contributed by atoms with Crippen molar-refractivity contribution >= 4 is 23.3 Å². The van der Waals surface area contributed by atoms with E-state index in [2.05, 4.69) is 10.3 Å². The second kappa shape index (κ2) is 5.63. The van der Waals surface area contributed by atoms with Crippen molar-refractivity contribution < 1.29 is 9.90 Å². The van der Waals surface area contributed by atoms with Crippen molar-refractivity contribution in [2.24, 2.45) is 0 Å². The first-order valence-corrected chi connectivity index (χ1v) is 5.51. The fourth-order valence-corrected chi connectivity index (χ4v) is 1.54. The van der Waals surface area contributed by atoms with Gasteiger partial charge < -0.3 is 10.4 Å². The Bertz CT molecular complexity index is 360. The van der Waals surface area contributed by atoms with Crippen LogP contribution in [0, 0.1) is 6.92 Å². The van der Waals surface area contributed by atoms with Gasteiger partial charge >= 0.3 is 0 Å². The molecular weight excluding hydrogens is 212 g/mol. The number of hydrogen-bond donors (Lipinski definition) is 2. The zero-order valence-corrected chi connectivity index (χ0v) is 9.54. The molecule has 1 heterocycles.